The van der Waals surface area contributed by atoms with Crippen molar-refractivity contribution in [1.82, 2.24) is 24.8 Å². The van der Waals surface area contributed by atoms with Crippen molar-refractivity contribution in [2.45, 2.75) is 39.3 Å². The van der Waals surface area contributed by atoms with Crippen molar-refractivity contribution < 1.29 is 4.52 Å². The summed E-state index contributed by atoms with van der Waals surface area (Å²) in [7, 11) is 0. The van der Waals surface area contributed by atoms with Gasteiger partial charge in [-0.05, 0) is 38.8 Å². The summed E-state index contributed by atoms with van der Waals surface area (Å²) in [6.07, 6.45) is 6.24. The Labute approximate surface area is 175 Å². The van der Waals surface area contributed by atoms with Gasteiger partial charge in [0.05, 0.1) is 18.4 Å². The van der Waals surface area contributed by atoms with E-state index in [2.05, 4.69) is 25.0 Å². The number of rotatable bonds is 5. The van der Waals surface area contributed by atoms with Gasteiger partial charge in [0, 0.05) is 61.3 Å². The highest BCUT2D eigenvalue weighted by Gasteiger charge is 2.31. The summed E-state index contributed by atoms with van der Waals surface area (Å²) < 4.78 is 6.88. The third-order valence-electron chi connectivity index (χ3n) is 6.08. The highest BCUT2D eigenvalue weighted by Crippen LogP contribution is 2.28. The third-order valence-corrected chi connectivity index (χ3v) is 6.08. The number of hydrogen-bond donors (Lipinski definition) is 0. The minimum absolute atomic E-state index is 0.120. The van der Waals surface area contributed by atoms with E-state index in [1.165, 1.54) is 17.5 Å². The first kappa shape index (κ1) is 19.0. The molecule has 1 saturated heterocycles. The van der Waals surface area contributed by atoms with Crippen molar-refractivity contribution in [2.75, 3.05) is 31.1 Å². The molecule has 156 valence electrons. The van der Waals surface area contributed by atoms with Crippen LogP contribution in [0.4, 0.5) is 5.69 Å². The molecule has 8 heteroatoms. The Kier molecular flexibility index (Phi) is 4.86. The van der Waals surface area contributed by atoms with Gasteiger partial charge in [-0.1, -0.05) is 5.16 Å². The van der Waals surface area contributed by atoms with Crippen molar-refractivity contribution in [1.29, 1.82) is 0 Å². The van der Waals surface area contributed by atoms with Crippen molar-refractivity contribution in [3.63, 3.8) is 0 Å². The quantitative estimate of drug-likeness (QED) is 0.643. The maximum Gasteiger partial charge on any atom is 0.269 e. The summed E-state index contributed by atoms with van der Waals surface area (Å²) in [6, 6.07) is 6.38. The SMILES string of the molecule is Cc1ccc(-c2noc(C)c2Cn2ncc(N3CCN(C4CC4)CC3)cc2=O)cn1. The van der Waals surface area contributed by atoms with Crippen LogP contribution in [0.3, 0.4) is 0 Å². The molecule has 3 aromatic heterocycles. The summed E-state index contributed by atoms with van der Waals surface area (Å²) in [6.45, 7) is 8.10. The first-order valence-corrected chi connectivity index (χ1v) is 10.5. The first-order valence-electron chi connectivity index (χ1n) is 10.5. The zero-order valence-corrected chi connectivity index (χ0v) is 17.4. The molecule has 0 bridgehead atoms. The lowest BCUT2D eigenvalue weighted by Crippen LogP contribution is -2.47. The molecule has 2 fully saturated rings. The fourth-order valence-corrected chi connectivity index (χ4v) is 4.06. The standard InChI is InChI=1S/C22H26N6O2/c1-15-3-4-17(12-23-15)22-20(16(2)30-25-22)14-28-21(29)11-19(13-24-28)27-9-7-26(8-10-27)18-5-6-18/h3-4,11-13,18H,5-10,14H2,1-2H3. The van der Waals surface area contributed by atoms with Crippen LogP contribution in [0.2, 0.25) is 0 Å². The molecule has 1 saturated carbocycles. The predicted molar refractivity (Wildman–Crippen MR) is 114 cm³/mol. The lowest BCUT2D eigenvalue weighted by molar-refractivity contribution is 0.248. The lowest BCUT2D eigenvalue weighted by Gasteiger charge is -2.35. The van der Waals surface area contributed by atoms with Crippen LogP contribution in [-0.4, -0.2) is 57.0 Å². The number of nitrogens with zero attached hydrogens (tertiary/aromatic N) is 6. The number of hydrogen-bond acceptors (Lipinski definition) is 7. The predicted octanol–water partition coefficient (Wildman–Crippen LogP) is 2.24. The van der Waals surface area contributed by atoms with Crippen LogP contribution in [0.1, 0.15) is 29.9 Å². The highest BCUT2D eigenvalue weighted by molar-refractivity contribution is 5.62. The van der Waals surface area contributed by atoms with E-state index in [1.807, 2.05) is 26.0 Å². The minimum atomic E-state index is -0.120. The topological polar surface area (TPSA) is 80.3 Å². The second-order valence-electron chi connectivity index (χ2n) is 8.22. The zero-order valence-electron chi connectivity index (χ0n) is 17.4. The molecule has 3 aromatic rings. The zero-order chi connectivity index (χ0) is 20.7. The van der Waals surface area contributed by atoms with E-state index in [4.69, 9.17) is 4.52 Å². The van der Waals surface area contributed by atoms with Crippen molar-refractivity contribution in [2.24, 2.45) is 0 Å². The molecule has 0 radical (unpaired) electrons. The Morgan fingerprint density at radius 3 is 2.57 bits per heavy atom. The molecule has 30 heavy (non-hydrogen) atoms. The van der Waals surface area contributed by atoms with Crippen LogP contribution in [-0.2, 0) is 6.54 Å². The van der Waals surface area contributed by atoms with E-state index in [-0.39, 0.29) is 5.56 Å². The van der Waals surface area contributed by atoms with Crippen LogP contribution >= 0.6 is 0 Å². The van der Waals surface area contributed by atoms with Gasteiger partial charge in [-0.15, -0.1) is 0 Å². The third kappa shape index (κ3) is 3.75. The molecule has 0 N–H and O–H groups in total. The molecule has 1 aliphatic heterocycles. The summed E-state index contributed by atoms with van der Waals surface area (Å²) in [5, 5.41) is 8.64. The van der Waals surface area contributed by atoms with Gasteiger partial charge < -0.3 is 9.42 Å². The van der Waals surface area contributed by atoms with Crippen molar-refractivity contribution in [3.05, 3.63) is 58.0 Å². The minimum Gasteiger partial charge on any atom is -0.368 e. The van der Waals surface area contributed by atoms with E-state index in [0.717, 1.165) is 54.7 Å². The van der Waals surface area contributed by atoms with Crippen LogP contribution in [0.5, 0.6) is 0 Å². The van der Waals surface area contributed by atoms with Gasteiger partial charge in [0.25, 0.3) is 5.56 Å². The number of aryl methyl sites for hydroxylation is 2. The van der Waals surface area contributed by atoms with Gasteiger partial charge in [-0.2, -0.15) is 5.10 Å². The molecule has 4 heterocycles. The molecule has 0 unspecified atom stereocenters. The Morgan fingerprint density at radius 1 is 1.10 bits per heavy atom. The molecule has 0 aromatic carbocycles. The smallest absolute Gasteiger partial charge is 0.269 e. The average molecular weight is 406 g/mol. The van der Waals surface area contributed by atoms with Crippen molar-refractivity contribution >= 4 is 5.69 Å². The Bertz CT molecular complexity index is 1090. The number of anilines is 1. The molecule has 0 atom stereocenters. The maximum absolute atomic E-state index is 12.8. The number of piperazine rings is 1. The monoisotopic (exact) mass is 406 g/mol. The lowest BCUT2D eigenvalue weighted by atomic mass is 10.1. The van der Waals surface area contributed by atoms with E-state index in [1.54, 1.807) is 18.5 Å². The van der Waals surface area contributed by atoms with E-state index < -0.39 is 0 Å². The summed E-state index contributed by atoms with van der Waals surface area (Å²) in [4.78, 5) is 21.9. The van der Waals surface area contributed by atoms with Crippen LogP contribution in [0.15, 0.2) is 39.9 Å². The van der Waals surface area contributed by atoms with Gasteiger partial charge in [-0.3, -0.25) is 14.7 Å². The number of aromatic nitrogens is 4. The second-order valence-corrected chi connectivity index (χ2v) is 8.22. The fraction of sp³-hybridized carbons (Fsp3) is 0.455. The first-order chi connectivity index (χ1) is 14.6. The summed E-state index contributed by atoms with van der Waals surface area (Å²) >= 11 is 0. The molecule has 8 nitrogen and oxygen atoms in total. The molecule has 0 amide bonds. The normalized spacial score (nSPS) is 17.5. The van der Waals surface area contributed by atoms with Crippen LogP contribution in [0.25, 0.3) is 11.3 Å². The molecule has 1 aliphatic carbocycles. The van der Waals surface area contributed by atoms with Gasteiger partial charge in [-0.25, -0.2) is 4.68 Å². The van der Waals surface area contributed by atoms with Gasteiger partial charge in [0.15, 0.2) is 0 Å². The van der Waals surface area contributed by atoms with Crippen LogP contribution < -0.4 is 10.5 Å². The van der Waals surface area contributed by atoms with Crippen LogP contribution in [0, 0.1) is 13.8 Å². The highest BCUT2D eigenvalue weighted by atomic mass is 16.5. The Balaban J connectivity index is 1.34. The van der Waals surface area contributed by atoms with Gasteiger partial charge >= 0.3 is 0 Å². The maximum atomic E-state index is 12.8. The molecule has 0 spiro atoms. The Hall–Kier alpha value is -3.00. The molecule has 5 rings (SSSR count). The largest absolute Gasteiger partial charge is 0.368 e. The summed E-state index contributed by atoms with van der Waals surface area (Å²) in [5.41, 5.74) is 4.13. The van der Waals surface area contributed by atoms with Crippen molar-refractivity contribution in [3.8, 4) is 11.3 Å². The average Bonchev–Trinajstić information content (AvgIpc) is 3.55. The molecular weight excluding hydrogens is 380 g/mol. The summed E-state index contributed by atoms with van der Waals surface area (Å²) in [5.74, 6) is 0.680. The molecular formula is C22H26N6O2. The van der Waals surface area contributed by atoms with Gasteiger partial charge in [0.1, 0.15) is 11.5 Å². The molecule has 2 aliphatic rings. The second kappa shape index (κ2) is 7.68. The van der Waals surface area contributed by atoms with E-state index in [9.17, 15) is 4.79 Å². The fourth-order valence-electron chi connectivity index (χ4n) is 4.06. The van der Waals surface area contributed by atoms with Gasteiger partial charge in [0.2, 0.25) is 0 Å². The number of pyridine rings is 1. The van der Waals surface area contributed by atoms with E-state index >= 15 is 0 Å². The van der Waals surface area contributed by atoms with E-state index in [0.29, 0.717) is 18.0 Å². The Morgan fingerprint density at radius 2 is 1.90 bits per heavy atom.